The Morgan fingerprint density at radius 1 is 1.07 bits per heavy atom. The van der Waals surface area contributed by atoms with E-state index in [0.717, 1.165) is 11.1 Å². The number of guanidine groups is 1. The molecule has 0 unspecified atom stereocenters. The van der Waals surface area contributed by atoms with Gasteiger partial charge in [0.1, 0.15) is 5.75 Å². The van der Waals surface area contributed by atoms with Gasteiger partial charge in [0.2, 0.25) is 0 Å². The zero-order chi connectivity index (χ0) is 19.6. The van der Waals surface area contributed by atoms with Crippen molar-refractivity contribution in [1.82, 2.24) is 10.6 Å². The third-order valence-electron chi connectivity index (χ3n) is 3.70. The van der Waals surface area contributed by atoms with Gasteiger partial charge in [-0.1, -0.05) is 35.9 Å². The number of aliphatic imine (C=N–C) groups is 1. The van der Waals surface area contributed by atoms with Crippen molar-refractivity contribution in [1.29, 1.82) is 0 Å². The van der Waals surface area contributed by atoms with Gasteiger partial charge in [0, 0.05) is 37.8 Å². The average Bonchev–Trinajstić information content (AvgIpc) is 2.65. The summed E-state index contributed by atoms with van der Waals surface area (Å²) in [6.07, 6.45) is 0. The molecule has 0 saturated carbocycles. The zero-order valence-electron chi connectivity index (χ0n) is 15.1. The van der Waals surface area contributed by atoms with Crippen molar-refractivity contribution in [3.63, 3.8) is 0 Å². The molecule has 2 aromatic carbocycles. The number of alkyl halides is 2. The number of methoxy groups -OCH3 is 1. The second-order valence-corrected chi connectivity index (χ2v) is 6.10. The number of hydrogen-bond acceptors (Lipinski definition) is 3. The Kier molecular flexibility index (Phi) is 8.29. The van der Waals surface area contributed by atoms with Crippen LogP contribution in [0.1, 0.15) is 16.7 Å². The van der Waals surface area contributed by atoms with Gasteiger partial charge in [0.05, 0.1) is 6.61 Å². The fourth-order valence-corrected chi connectivity index (χ4v) is 2.60. The van der Waals surface area contributed by atoms with Crippen molar-refractivity contribution in [2.45, 2.75) is 26.3 Å². The summed E-state index contributed by atoms with van der Waals surface area (Å²) in [6.45, 7) is -1.54. The molecule has 0 saturated heterocycles. The van der Waals surface area contributed by atoms with Gasteiger partial charge in [-0.2, -0.15) is 8.78 Å². The monoisotopic (exact) mass is 397 g/mol. The second kappa shape index (κ2) is 10.7. The highest BCUT2D eigenvalue weighted by Crippen LogP contribution is 2.24. The maximum Gasteiger partial charge on any atom is 0.387 e. The summed E-state index contributed by atoms with van der Waals surface area (Å²) in [5, 5.41) is 6.67. The lowest BCUT2D eigenvalue weighted by Crippen LogP contribution is -2.36. The highest BCUT2D eigenvalue weighted by Gasteiger charge is 2.11. The zero-order valence-corrected chi connectivity index (χ0v) is 15.9. The fraction of sp³-hybridized carbons (Fsp3) is 0.316. The van der Waals surface area contributed by atoms with Crippen molar-refractivity contribution in [2.75, 3.05) is 14.2 Å². The molecule has 0 aromatic heterocycles. The number of nitrogens with zero attached hydrogens (tertiary/aromatic N) is 1. The minimum Gasteiger partial charge on any atom is -0.434 e. The summed E-state index contributed by atoms with van der Waals surface area (Å²) in [6, 6.07) is 12.5. The van der Waals surface area contributed by atoms with Crippen LogP contribution in [0, 0.1) is 0 Å². The molecule has 0 aliphatic rings. The molecule has 0 heterocycles. The van der Waals surface area contributed by atoms with E-state index in [1.165, 1.54) is 12.1 Å². The van der Waals surface area contributed by atoms with E-state index in [1.807, 2.05) is 24.3 Å². The Balaban J connectivity index is 1.93. The van der Waals surface area contributed by atoms with Gasteiger partial charge in [-0.25, -0.2) is 0 Å². The normalized spacial score (nSPS) is 11.6. The summed E-state index contributed by atoms with van der Waals surface area (Å²) >= 11 is 5.95. The number of hydrogen-bond donors (Lipinski definition) is 2. The number of ether oxygens (including phenoxy) is 2. The Bertz CT molecular complexity index is 755. The van der Waals surface area contributed by atoms with Crippen LogP contribution in [-0.4, -0.2) is 26.7 Å². The quantitative estimate of drug-likeness (QED) is 0.523. The number of nitrogens with one attached hydrogen (secondary N) is 2. The van der Waals surface area contributed by atoms with Crippen LogP contribution in [0.15, 0.2) is 47.5 Å². The first-order valence-electron chi connectivity index (χ1n) is 8.26. The summed E-state index contributed by atoms with van der Waals surface area (Å²) in [5.41, 5.74) is 2.67. The van der Waals surface area contributed by atoms with Gasteiger partial charge in [-0.15, -0.1) is 0 Å². The molecule has 0 fully saturated rings. The van der Waals surface area contributed by atoms with Gasteiger partial charge in [-0.05, 0) is 29.3 Å². The summed E-state index contributed by atoms with van der Waals surface area (Å²) in [5.74, 6) is 0.602. The molecular formula is C19H22ClF2N3O2. The summed E-state index contributed by atoms with van der Waals surface area (Å²) < 4.78 is 34.7. The summed E-state index contributed by atoms with van der Waals surface area (Å²) in [7, 11) is 3.29. The molecule has 8 heteroatoms. The molecule has 0 radical (unpaired) electrons. The van der Waals surface area contributed by atoms with Crippen LogP contribution < -0.4 is 15.4 Å². The third-order valence-corrected chi connectivity index (χ3v) is 3.94. The molecule has 0 bridgehead atoms. The molecule has 2 N–H and O–H groups in total. The van der Waals surface area contributed by atoms with E-state index < -0.39 is 6.61 Å². The SMILES string of the molecule is CN=C(NCc1ccc(COC)cc1)NCc1cc(Cl)ccc1OC(F)F. The minimum atomic E-state index is -2.90. The smallest absolute Gasteiger partial charge is 0.387 e. The van der Waals surface area contributed by atoms with E-state index in [0.29, 0.717) is 29.7 Å². The molecule has 5 nitrogen and oxygen atoms in total. The average molecular weight is 398 g/mol. The van der Waals surface area contributed by atoms with E-state index in [1.54, 1.807) is 20.2 Å². The first-order valence-corrected chi connectivity index (χ1v) is 8.64. The highest BCUT2D eigenvalue weighted by molar-refractivity contribution is 6.30. The van der Waals surface area contributed by atoms with Gasteiger partial charge < -0.3 is 20.1 Å². The van der Waals surface area contributed by atoms with Crippen LogP contribution in [0.2, 0.25) is 5.02 Å². The molecule has 27 heavy (non-hydrogen) atoms. The molecular weight excluding hydrogens is 376 g/mol. The van der Waals surface area contributed by atoms with Crippen LogP contribution in [-0.2, 0) is 24.4 Å². The van der Waals surface area contributed by atoms with Crippen LogP contribution in [0.3, 0.4) is 0 Å². The van der Waals surface area contributed by atoms with Crippen LogP contribution in [0.25, 0.3) is 0 Å². The van der Waals surface area contributed by atoms with E-state index in [9.17, 15) is 8.78 Å². The van der Waals surface area contributed by atoms with Crippen molar-refractivity contribution >= 4 is 17.6 Å². The van der Waals surface area contributed by atoms with Crippen LogP contribution in [0.4, 0.5) is 8.78 Å². The number of benzene rings is 2. The number of halogens is 3. The lowest BCUT2D eigenvalue weighted by atomic mass is 10.1. The van der Waals surface area contributed by atoms with E-state index in [-0.39, 0.29) is 12.3 Å². The largest absolute Gasteiger partial charge is 0.434 e. The number of rotatable bonds is 8. The lowest BCUT2D eigenvalue weighted by molar-refractivity contribution is -0.0504. The van der Waals surface area contributed by atoms with E-state index in [2.05, 4.69) is 20.4 Å². The molecule has 0 amide bonds. The van der Waals surface area contributed by atoms with Gasteiger partial charge in [0.15, 0.2) is 5.96 Å². The molecule has 2 rings (SSSR count). The van der Waals surface area contributed by atoms with E-state index in [4.69, 9.17) is 16.3 Å². The third kappa shape index (κ3) is 7.03. The topological polar surface area (TPSA) is 54.9 Å². The first-order chi connectivity index (χ1) is 13.0. The van der Waals surface area contributed by atoms with Crippen molar-refractivity contribution in [2.24, 2.45) is 4.99 Å². The van der Waals surface area contributed by atoms with Crippen LogP contribution in [0.5, 0.6) is 5.75 Å². The molecule has 0 atom stereocenters. The maximum atomic E-state index is 12.5. The molecule has 0 spiro atoms. The molecule has 0 aliphatic carbocycles. The second-order valence-electron chi connectivity index (χ2n) is 5.66. The predicted molar refractivity (Wildman–Crippen MR) is 102 cm³/mol. The van der Waals surface area contributed by atoms with Crippen molar-refractivity contribution in [3.05, 3.63) is 64.2 Å². The first kappa shape index (κ1) is 20.9. The maximum absolute atomic E-state index is 12.5. The lowest BCUT2D eigenvalue weighted by Gasteiger charge is -2.15. The standard InChI is InChI=1S/C19H22ClF2N3O2/c1-23-19(24-10-13-3-5-14(6-4-13)12-26-2)25-11-15-9-16(20)7-8-17(15)27-18(21)22/h3-9,18H,10-12H2,1-2H3,(H2,23,24,25). The molecule has 146 valence electrons. The molecule has 0 aliphatic heterocycles. The van der Waals surface area contributed by atoms with Gasteiger partial charge >= 0.3 is 6.61 Å². The van der Waals surface area contributed by atoms with Gasteiger partial charge in [-0.3, -0.25) is 4.99 Å². The van der Waals surface area contributed by atoms with Crippen molar-refractivity contribution < 1.29 is 18.3 Å². The Labute approximate surface area is 162 Å². The van der Waals surface area contributed by atoms with Crippen LogP contribution >= 0.6 is 11.6 Å². The van der Waals surface area contributed by atoms with E-state index >= 15 is 0 Å². The predicted octanol–water partition coefficient (Wildman–Crippen LogP) is 3.95. The summed E-state index contributed by atoms with van der Waals surface area (Å²) in [4.78, 5) is 4.13. The Hall–Kier alpha value is -2.38. The van der Waals surface area contributed by atoms with Crippen molar-refractivity contribution in [3.8, 4) is 5.75 Å². The minimum absolute atomic E-state index is 0.0751. The highest BCUT2D eigenvalue weighted by atomic mass is 35.5. The van der Waals surface area contributed by atoms with Gasteiger partial charge in [0.25, 0.3) is 0 Å². The Morgan fingerprint density at radius 2 is 1.74 bits per heavy atom. The molecule has 2 aromatic rings. The fourth-order valence-electron chi connectivity index (χ4n) is 2.40. The Morgan fingerprint density at radius 3 is 2.37 bits per heavy atom.